The fourth-order valence-corrected chi connectivity index (χ4v) is 5.78. The van der Waals surface area contributed by atoms with E-state index in [0.717, 1.165) is 18.7 Å². The summed E-state index contributed by atoms with van der Waals surface area (Å²) in [6.45, 7) is 4.10. The molecule has 4 heterocycles. The van der Waals surface area contributed by atoms with Crippen LogP contribution in [0.15, 0.2) is 64.4 Å². The van der Waals surface area contributed by atoms with Gasteiger partial charge in [-0.25, -0.2) is 4.98 Å². The van der Waals surface area contributed by atoms with Gasteiger partial charge in [0.1, 0.15) is 15.8 Å². The van der Waals surface area contributed by atoms with E-state index in [1.165, 1.54) is 16.2 Å². The Morgan fingerprint density at radius 3 is 2.50 bits per heavy atom. The van der Waals surface area contributed by atoms with Crippen LogP contribution in [0.3, 0.4) is 0 Å². The normalized spacial score (nSPS) is 18.1. The number of aromatic nitrogens is 2. The van der Waals surface area contributed by atoms with Crippen LogP contribution in [0.4, 0.5) is 5.82 Å². The standard InChI is InChI=1S/C26H27N5O3S2/c32-17-16-28-12-14-29(15-13-28)23-20(24(33)30-10-5-4-8-22(30)27-23)18-21-25(34)31(26(35)36-21)11-9-19-6-2-1-3-7-19/h1-8,10,18,32H,9,11-17H2/b21-18-. The number of anilines is 1. The minimum absolute atomic E-state index is 0.118. The van der Waals surface area contributed by atoms with Crippen LogP contribution in [0.25, 0.3) is 11.7 Å². The number of nitrogens with zero attached hydrogens (tertiary/aromatic N) is 5. The van der Waals surface area contributed by atoms with Crippen LogP contribution in [0, 0.1) is 0 Å². The van der Waals surface area contributed by atoms with Crippen molar-refractivity contribution in [3.63, 3.8) is 0 Å². The predicted molar refractivity (Wildman–Crippen MR) is 147 cm³/mol. The number of aliphatic hydroxyl groups is 1. The molecule has 3 aromatic rings. The summed E-state index contributed by atoms with van der Waals surface area (Å²) in [5.41, 5.74) is 1.86. The smallest absolute Gasteiger partial charge is 0.267 e. The lowest BCUT2D eigenvalue weighted by Gasteiger charge is -2.35. The Morgan fingerprint density at radius 2 is 1.75 bits per heavy atom. The number of amides is 1. The molecule has 2 fully saturated rings. The minimum Gasteiger partial charge on any atom is -0.395 e. The van der Waals surface area contributed by atoms with Crippen molar-refractivity contribution in [1.29, 1.82) is 0 Å². The first-order valence-corrected chi connectivity index (χ1v) is 13.2. The molecule has 0 aliphatic carbocycles. The van der Waals surface area contributed by atoms with Crippen molar-refractivity contribution in [2.75, 3.05) is 50.8 Å². The summed E-state index contributed by atoms with van der Waals surface area (Å²) in [6.07, 6.45) is 4.05. The zero-order valence-corrected chi connectivity index (χ0v) is 21.4. The SMILES string of the molecule is O=C1/C(=C/c2c(N3CCN(CCO)CC3)nc3ccccn3c2=O)SC(=S)N1CCc1ccccc1. The van der Waals surface area contributed by atoms with E-state index in [4.69, 9.17) is 17.2 Å². The summed E-state index contributed by atoms with van der Waals surface area (Å²) >= 11 is 6.75. The molecule has 0 unspecified atom stereocenters. The molecule has 1 aromatic carbocycles. The average Bonchev–Trinajstić information content (AvgIpc) is 3.17. The number of pyridine rings is 1. The number of piperazine rings is 1. The Labute approximate surface area is 218 Å². The fraction of sp³-hybridized carbons (Fsp3) is 0.308. The van der Waals surface area contributed by atoms with Gasteiger partial charge in [-0.15, -0.1) is 0 Å². The Kier molecular flexibility index (Phi) is 7.47. The number of benzene rings is 1. The quantitative estimate of drug-likeness (QED) is 0.375. The van der Waals surface area contributed by atoms with E-state index in [0.29, 0.717) is 58.9 Å². The maximum Gasteiger partial charge on any atom is 0.267 e. The molecule has 0 radical (unpaired) electrons. The molecule has 0 saturated carbocycles. The molecule has 2 aliphatic rings. The van der Waals surface area contributed by atoms with Gasteiger partial charge in [0.25, 0.3) is 11.5 Å². The summed E-state index contributed by atoms with van der Waals surface area (Å²) in [7, 11) is 0. The van der Waals surface area contributed by atoms with Crippen molar-refractivity contribution in [1.82, 2.24) is 19.2 Å². The van der Waals surface area contributed by atoms with Gasteiger partial charge in [-0.1, -0.05) is 60.4 Å². The lowest BCUT2D eigenvalue weighted by molar-refractivity contribution is -0.122. The van der Waals surface area contributed by atoms with E-state index in [1.807, 2.05) is 36.4 Å². The zero-order chi connectivity index (χ0) is 25.1. The molecule has 1 amide bonds. The number of thioether (sulfide) groups is 1. The zero-order valence-electron chi connectivity index (χ0n) is 19.7. The van der Waals surface area contributed by atoms with Gasteiger partial charge in [0.2, 0.25) is 0 Å². The third-order valence-corrected chi connectivity index (χ3v) is 7.83. The van der Waals surface area contributed by atoms with E-state index < -0.39 is 0 Å². The number of β-amino-alcohol motifs (C(OH)–C–C–N with tert-alkyl or cyclic N) is 1. The molecule has 2 aliphatic heterocycles. The van der Waals surface area contributed by atoms with Crippen molar-refractivity contribution in [3.05, 3.63) is 81.1 Å². The van der Waals surface area contributed by atoms with Crippen LogP contribution < -0.4 is 10.5 Å². The van der Waals surface area contributed by atoms with Gasteiger partial charge in [0.05, 0.1) is 17.1 Å². The third-order valence-electron chi connectivity index (χ3n) is 6.45. The average molecular weight is 522 g/mol. The van der Waals surface area contributed by atoms with Crippen LogP contribution in [0.5, 0.6) is 0 Å². The number of carbonyl (C=O) groups is 1. The van der Waals surface area contributed by atoms with E-state index in [1.54, 1.807) is 29.3 Å². The van der Waals surface area contributed by atoms with Gasteiger partial charge < -0.3 is 10.0 Å². The van der Waals surface area contributed by atoms with Crippen molar-refractivity contribution < 1.29 is 9.90 Å². The number of fused-ring (bicyclic) bond motifs is 1. The van der Waals surface area contributed by atoms with Crippen LogP contribution in [-0.4, -0.2) is 80.4 Å². The highest BCUT2D eigenvalue weighted by Gasteiger charge is 2.33. The molecule has 8 nitrogen and oxygen atoms in total. The van der Waals surface area contributed by atoms with Crippen LogP contribution in [-0.2, 0) is 11.2 Å². The molecule has 1 N–H and O–H groups in total. The monoisotopic (exact) mass is 521 g/mol. The second kappa shape index (κ2) is 10.9. The highest BCUT2D eigenvalue weighted by Crippen LogP contribution is 2.33. The van der Waals surface area contributed by atoms with Crippen molar-refractivity contribution in [2.24, 2.45) is 0 Å². The van der Waals surface area contributed by atoms with Crippen molar-refractivity contribution in [3.8, 4) is 0 Å². The minimum atomic E-state index is -0.219. The van der Waals surface area contributed by atoms with Crippen LogP contribution >= 0.6 is 24.0 Å². The summed E-state index contributed by atoms with van der Waals surface area (Å²) in [4.78, 5) is 38.0. The summed E-state index contributed by atoms with van der Waals surface area (Å²) in [5, 5.41) is 9.26. The maximum absolute atomic E-state index is 13.6. The Balaban J connectivity index is 1.46. The first-order valence-electron chi connectivity index (χ1n) is 11.9. The van der Waals surface area contributed by atoms with Crippen molar-refractivity contribution >= 4 is 51.7 Å². The molecule has 0 spiro atoms. The van der Waals surface area contributed by atoms with Crippen LogP contribution in [0.2, 0.25) is 0 Å². The topological polar surface area (TPSA) is 81.4 Å². The summed E-state index contributed by atoms with van der Waals surface area (Å²) in [6, 6.07) is 15.4. The van der Waals surface area contributed by atoms with E-state index >= 15 is 0 Å². The number of carbonyl (C=O) groups excluding carboxylic acids is 1. The molecule has 2 aromatic heterocycles. The van der Waals surface area contributed by atoms with Gasteiger partial charge >= 0.3 is 0 Å². The number of thiocarbonyl (C=S) groups is 1. The second-order valence-corrected chi connectivity index (χ2v) is 10.4. The molecular weight excluding hydrogens is 494 g/mol. The highest BCUT2D eigenvalue weighted by molar-refractivity contribution is 8.26. The first kappa shape index (κ1) is 24.6. The molecule has 2 saturated heterocycles. The molecule has 5 rings (SSSR count). The first-order chi connectivity index (χ1) is 17.5. The Bertz CT molecular complexity index is 1370. The molecule has 10 heteroatoms. The van der Waals surface area contributed by atoms with Gasteiger partial charge in [-0.3, -0.25) is 23.8 Å². The van der Waals surface area contributed by atoms with Gasteiger partial charge in [0, 0.05) is 45.5 Å². The predicted octanol–water partition coefficient (Wildman–Crippen LogP) is 2.25. The highest BCUT2D eigenvalue weighted by atomic mass is 32.2. The van der Waals surface area contributed by atoms with Gasteiger partial charge in [-0.2, -0.15) is 0 Å². The maximum atomic E-state index is 13.6. The lowest BCUT2D eigenvalue weighted by atomic mass is 10.1. The van der Waals surface area contributed by atoms with Gasteiger partial charge in [0.15, 0.2) is 0 Å². The lowest BCUT2D eigenvalue weighted by Crippen LogP contribution is -2.48. The summed E-state index contributed by atoms with van der Waals surface area (Å²) in [5.74, 6) is 0.390. The van der Waals surface area contributed by atoms with Gasteiger partial charge in [-0.05, 0) is 30.2 Å². The Hall–Kier alpha value is -3.05. The number of hydrogen-bond acceptors (Lipinski definition) is 8. The number of rotatable bonds is 7. The number of aliphatic hydroxyl groups excluding tert-OH is 1. The van der Waals surface area contributed by atoms with Crippen molar-refractivity contribution in [2.45, 2.75) is 6.42 Å². The number of hydrogen-bond donors (Lipinski definition) is 1. The fourth-order valence-electron chi connectivity index (χ4n) is 4.49. The molecule has 0 bridgehead atoms. The summed E-state index contributed by atoms with van der Waals surface area (Å²) < 4.78 is 2.00. The second-order valence-electron chi connectivity index (χ2n) is 8.70. The molecule has 36 heavy (non-hydrogen) atoms. The third kappa shape index (κ3) is 5.08. The van der Waals surface area contributed by atoms with E-state index in [9.17, 15) is 14.7 Å². The largest absolute Gasteiger partial charge is 0.395 e. The molecule has 186 valence electrons. The van der Waals surface area contributed by atoms with E-state index in [2.05, 4.69) is 9.80 Å². The Morgan fingerprint density at radius 1 is 1.00 bits per heavy atom. The molecular formula is C26H27N5O3S2. The van der Waals surface area contributed by atoms with Crippen LogP contribution in [0.1, 0.15) is 11.1 Å². The molecule has 0 atom stereocenters. The van der Waals surface area contributed by atoms with E-state index in [-0.39, 0.29) is 18.1 Å².